The summed E-state index contributed by atoms with van der Waals surface area (Å²) < 4.78 is 1.12. The molecule has 0 unspecified atom stereocenters. The van der Waals surface area contributed by atoms with E-state index < -0.39 is 5.56 Å². The maximum atomic E-state index is 11.8. The lowest BCUT2D eigenvalue weighted by molar-refractivity contribution is 0.720. The zero-order chi connectivity index (χ0) is 14.0. The van der Waals surface area contributed by atoms with Gasteiger partial charge in [0.05, 0.1) is 16.3 Å². The van der Waals surface area contributed by atoms with E-state index >= 15 is 0 Å². The molecule has 0 saturated carbocycles. The Kier molecular flexibility index (Phi) is 4.14. The van der Waals surface area contributed by atoms with Gasteiger partial charge in [-0.05, 0) is 31.3 Å². The number of aromatic amines is 1. The first-order chi connectivity index (χ1) is 9.00. The number of rotatable bonds is 2. The molecule has 5 nitrogen and oxygen atoms in total. The predicted octanol–water partition coefficient (Wildman–Crippen LogP) is 2.80. The van der Waals surface area contributed by atoms with Crippen LogP contribution in [0.1, 0.15) is 11.3 Å². The summed E-state index contributed by atoms with van der Waals surface area (Å²) in [5.74, 6) is 0. The smallest absolute Gasteiger partial charge is 0.265 e. The average Bonchev–Trinajstić information content (AvgIpc) is 2.37. The normalized spacial score (nSPS) is 11.1. The molecule has 2 aromatic rings. The van der Waals surface area contributed by atoms with Crippen LogP contribution >= 0.6 is 35.4 Å². The third kappa shape index (κ3) is 2.91. The van der Waals surface area contributed by atoms with E-state index in [0.29, 0.717) is 15.6 Å². The molecule has 1 heterocycles. The Morgan fingerprint density at radius 3 is 2.68 bits per heavy atom. The van der Waals surface area contributed by atoms with Crippen molar-refractivity contribution < 1.29 is 0 Å². The number of halogens is 2. The molecular formula is C11H8Cl2N4OS. The molecule has 19 heavy (non-hydrogen) atoms. The number of aryl methyl sites for hydroxylation is 1. The minimum atomic E-state index is -0.400. The second-order valence-corrected chi connectivity index (χ2v) is 4.81. The first-order valence-corrected chi connectivity index (χ1v) is 6.34. The summed E-state index contributed by atoms with van der Waals surface area (Å²) in [7, 11) is 0. The number of H-pyrrole nitrogens is 1. The van der Waals surface area contributed by atoms with E-state index in [1.54, 1.807) is 25.1 Å². The fourth-order valence-corrected chi connectivity index (χ4v) is 2.00. The molecule has 2 rings (SSSR count). The van der Waals surface area contributed by atoms with E-state index in [-0.39, 0.29) is 10.5 Å². The highest BCUT2D eigenvalue weighted by molar-refractivity contribution is 7.71. The number of aromatic nitrogens is 3. The molecule has 1 aromatic heterocycles. The summed E-state index contributed by atoms with van der Waals surface area (Å²) in [5.41, 5.74) is 0.376. The van der Waals surface area contributed by atoms with Gasteiger partial charge in [-0.3, -0.25) is 9.89 Å². The lowest BCUT2D eigenvalue weighted by Crippen LogP contribution is -2.22. The molecule has 98 valence electrons. The standard InChI is InChI=1S/C11H8Cl2N4OS/c1-6-10(18)17(11(19)16-15-6)14-5-7-8(12)3-2-4-9(7)13/h2-5H,1H3,(H,16,19)/b14-5-. The molecule has 0 aliphatic rings. The van der Waals surface area contributed by atoms with Crippen molar-refractivity contribution in [1.29, 1.82) is 0 Å². The lowest BCUT2D eigenvalue weighted by atomic mass is 10.2. The molecule has 0 radical (unpaired) electrons. The van der Waals surface area contributed by atoms with Gasteiger partial charge < -0.3 is 0 Å². The van der Waals surface area contributed by atoms with E-state index in [4.69, 9.17) is 35.4 Å². The van der Waals surface area contributed by atoms with Gasteiger partial charge in [0.25, 0.3) is 5.56 Å². The molecule has 0 bridgehead atoms. The highest BCUT2D eigenvalue weighted by Gasteiger charge is 2.04. The van der Waals surface area contributed by atoms with E-state index in [1.807, 2.05) is 0 Å². The van der Waals surface area contributed by atoms with Crippen LogP contribution in [0.25, 0.3) is 0 Å². The Labute approximate surface area is 123 Å². The van der Waals surface area contributed by atoms with Gasteiger partial charge in [0.15, 0.2) is 0 Å². The van der Waals surface area contributed by atoms with Crippen molar-refractivity contribution in [3.05, 3.63) is 54.6 Å². The number of hydrogen-bond donors (Lipinski definition) is 1. The second kappa shape index (κ2) is 5.64. The second-order valence-electron chi connectivity index (χ2n) is 3.61. The Hall–Kier alpha value is -1.50. The van der Waals surface area contributed by atoms with Crippen molar-refractivity contribution in [2.45, 2.75) is 6.92 Å². The van der Waals surface area contributed by atoms with E-state index in [0.717, 1.165) is 4.68 Å². The maximum Gasteiger partial charge on any atom is 0.296 e. The van der Waals surface area contributed by atoms with E-state index in [2.05, 4.69) is 15.3 Å². The third-order valence-electron chi connectivity index (χ3n) is 2.32. The van der Waals surface area contributed by atoms with Crippen molar-refractivity contribution in [2.24, 2.45) is 5.10 Å². The molecule has 0 fully saturated rings. The fraction of sp³-hybridized carbons (Fsp3) is 0.0909. The van der Waals surface area contributed by atoms with Crippen molar-refractivity contribution in [2.75, 3.05) is 0 Å². The quantitative estimate of drug-likeness (QED) is 0.685. The van der Waals surface area contributed by atoms with Crippen molar-refractivity contribution >= 4 is 41.6 Å². The van der Waals surface area contributed by atoms with Crippen LogP contribution < -0.4 is 5.56 Å². The van der Waals surface area contributed by atoms with Crippen molar-refractivity contribution in [3.63, 3.8) is 0 Å². The van der Waals surface area contributed by atoms with Gasteiger partial charge >= 0.3 is 0 Å². The number of nitrogens with zero attached hydrogens (tertiary/aromatic N) is 3. The van der Waals surface area contributed by atoms with Gasteiger partial charge in [-0.25, -0.2) is 0 Å². The fourth-order valence-electron chi connectivity index (χ4n) is 1.33. The highest BCUT2D eigenvalue weighted by atomic mass is 35.5. The van der Waals surface area contributed by atoms with Gasteiger partial charge in [-0.1, -0.05) is 29.3 Å². The number of nitrogens with one attached hydrogen (secondary N) is 1. The van der Waals surface area contributed by atoms with Crippen LogP contribution in [-0.2, 0) is 0 Å². The van der Waals surface area contributed by atoms with Gasteiger partial charge in [0.2, 0.25) is 4.77 Å². The summed E-state index contributed by atoms with van der Waals surface area (Å²) >= 11 is 16.9. The summed E-state index contributed by atoms with van der Waals surface area (Å²) in [6.07, 6.45) is 1.38. The van der Waals surface area contributed by atoms with Crippen LogP contribution in [0.15, 0.2) is 28.1 Å². The van der Waals surface area contributed by atoms with Gasteiger partial charge in [-0.2, -0.15) is 14.9 Å². The maximum absolute atomic E-state index is 11.8. The van der Waals surface area contributed by atoms with Crippen LogP contribution in [0.5, 0.6) is 0 Å². The SMILES string of the molecule is Cc1n[nH]c(=S)n(/N=C\c2c(Cl)cccc2Cl)c1=O. The first-order valence-electron chi connectivity index (χ1n) is 5.17. The Balaban J connectivity index is 2.53. The molecule has 8 heteroatoms. The molecule has 1 aromatic carbocycles. The molecule has 0 aliphatic heterocycles. The molecular weight excluding hydrogens is 307 g/mol. The molecule has 0 saturated heterocycles. The first kappa shape index (κ1) is 13.9. The summed E-state index contributed by atoms with van der Waals surface area (Å²) in [4.78, 5) is 11.8. The van der Waals surface area contributed by atoms with E-state index in [1.165, 1.54) is 6.21 Å². The van der Waals surface area contributed by atoms with Crippen LogP contribution in [0.3, 0.4) is 0 Å². The summed E-state index contributed by atoms with van der Waals surface area (Å²) in [6, 6.07) is 5.07. The zero-order valence-electron chi connectivity index (χ0n) is 9.72. The van der Waals surface area contributed by atoms with Crippen LogP contribution in [0.4, 0.5) is 0 Å². The predicted molar refractivity (Wildman–Crippen MR) is 77.9 cm³/mol. The molecule has 0 atom stereocenters. The number of hydrogen-bond acceptors (Lipinski definition) is 4. The molecule has 0 amide bonds. The van der Waals surface area contributed by atoms with Gasteiger partial charge in [-0.15, -0.1) is 0 Å². The van der Waals surface area contributed by atoms with Gasteiger partial charge in [0, 0.05) is 5.56 Å². The van der Waals surface area contributed by atoms with Crippen LogP contribution in [0.2, 0.25) is 10.0 Å². The topological polar surface area (TPSA) is 63.0 Å². The molecule has 0 aliphatic carbocycles. The average molecular weight is 315 g/mol. The van der Waals surface area contributed by atoms with Crippen molar-refractivity contribution in [3.8, 4) is 0 Å². The highest BCUT2D eigenvalue weighted by Crippen LogP contribution is 2.22. The van der Waals surface area contributed by atoms with Crippen LogP contribution in [-0.4, -0.2) is 21.1 Å². The largest absolute Gasteiger partial charge is 0.296 e. The summed E-state index contributed by atoms with van der Waals surface area (Å²) in [5, 5.41) is 11.1. The van der Waals surface area contributed by atoms with Crippen LogP contribution in [0, 0.1) is 11.7 Å². The molecule has 0 spiro atoms. The summed E-state index contributed by atoms with van der Waals surface area (Å²) in [6.45, 7) is 1.56. The monoisotopic (exact) mass is 314 g/mol. The van der Waals surface area contributed by atoms with Gasteiger partial charge in [0.1, 0.15) is 5.69 Å². The van der Waals surface area contributed by atoms with Crippen molar-refractivity contribution in [1.82, 2.24) is 14.9 Å². The molecule has 1 N–H and O–H groups in total. The minimum Gasteiger partial charge on any atom is -0.265 e. The number of benzene rings is 1. The Morgan fingerprint density at radius 2 is 2.05 bits per heavy atom. The Morgan fingerprint density at radius 1 is 1.42 bits per heavy atom. The van der Waals surface area contributed by atoms with E-state index in [9.17, 15) is 4.79 Å². The zero-order valence-corrected chi connectivity index (χ0v) is 12.1. The third-order valence-corrected chi connectivity index (χ3v) is 3.24. The minimum absolute atomic E-state index is 0.0926. The Bertz CT molecular complexity index is 746. The lowest BCUT2D eigenvalue weighted by Gasteiger charge is -2.02.